The van der Waals surface area contributed by atoms with Crippen molar-refractivity contribution in [2.24, 2.45) is 0 Å². The smallest absolute Gasteiger partial charge is 0.0589 e. The van der Waals surface area contributed by atoms with Crippen LogP contribution in [0.3, 0.4) is 0 Å². The molecule has 1 N–H and O–H groups in total. The molecule has 0 fully saturated rings. The topological polar surface area (TPSA) is 24.5 Å². The molecule has 0 heterocycles. The van der Waals surface area contributed by atoms with Crippen LogP contribution in [0.4, 0.5) is 0 Å². The maximum Gasteiger partial charge on any atom is 0.0589 e. The van der Waals surface area contributed by atoms with Crippen LogP contribution in [0.25, 0.3) is 0 Å². The lowest BCUT2D eigenvalue weighted by Gasteiger charge is -2.32. The lowest BCUT2D eigenvalue weighted by molar-refractivity contribution is 0.108. The minimum Gasteiger partial charge on any atom is -0.383 e. The lowest BCUT2D eigenvalue weighted by Crippen LogP contribution is -2.45. The lowest BCUT2D eigenvalue weighted by atomic mass is 10.1. The van der Waals surface area contributed by atoms with Crippen LogP contribution in [0, 0.1) is 0 Å². The van der Waals surface area contributed by atoms with Gasteiger partial charge in [0.25, 0.3) is 0 Å². The highest BCUT2D eigenvalue weighted by Crippen LogP contribution is 2.09. The van der Waals surface area contributed by atoms with Crippen molar-refractivity contribution in [3.05, 3.63) is 0 Å². The number of ether oxygens (including phenoxy) is 1. The number of nitrogens with zero attached hydrogens (tertiary/aromatic N) is 1. The van der Waals surface area contributed by atoms with Crippen molar-refractivity contribution in [2.45, 2.75) is 52.6 Å². The van der Waals surface area contributed by atoms with Crippen LogP contribution in [-0.2, 0) is 4.74 Å². The zero-order valence-corrected chi connectivity index (χ0v) is 11.8. The highest BCUT2D eigenvalue weighted by atomic mass is 16.5. The van der Waals surface area contributed by atoms with Crippen molar-refractivity contribution in [1.82, 2.24) is 10.2 Å². The fraction of sp³-hybridized carbons (Fsp3) is 1.00. The number of nitrogens with one attached hydrogen (secondary N) is 1. The van der Waals surface area contributed by atoms with Gasteiger partial charge in [-0.2, -0.15) is 0 Å². The maximum atomic E-state index is 5.19. The van der Waals surface area contributed by atoms with E-state index in [0.29, 0.717) is 12.1 Å². The van der Waals surface area contributed by atoms with Crippen LogP contribution >= 0.6 is 0 Å². The second-order valence-corrected chi connectivity index (χ2v) is 4.42. The largest absolute Gasteiger partial charge is 0.383 e. The summed E-state index contributed by atoms with van der Waals surface area (Å²) in [6.45, 7) is 13.0. The van der Waals surface area contributed by atoms with Crippen molar-refractivity contribution in [2.75, 3.05) is 33.4 Å². The first-order valence-corrected chi connectivity index (χ1v) is 6.65. The summed E-state index contributed by atoms with van der Waals surface area (Å²) in [5.41, 5.74) is 0. The second kappa shape index (κ2) is 10.1. The van der Waals surface area contributed by atoms with Gasteiger partial charge in [0.05, 0.1) is 6.61 Å². The predicted molar refractivity (Wildman–Crippen MR) is 71.0 cm³/mol. The van der Waals surface area contributed by atoms with Crippen molar-refractivity contribution in [3.8, 4) is 0 Å². The molecule has 0 aromatic heterocycles. The highest BCUT2D eigenvalue weighted by molar-refractivity contribution is 4.74. The number of methoxy groups -OCH3 is 1. The van der Waals surface area contributed by atoms with E-state index in [9.17, 15) is 0 Å². The molecule has 0 rings (SSSR count). The minimum atomic E-state index is 0.558. The molecular weight excluding hydrogens is 200 g/mol. The molecule has 0 amide bonds. The van der Waals surface area contributed by atoms with Gasteiger partial charge in [-0.3, -0.25) is 4.90 Å². The third-order valence-corrected chi connectivity index (χ3v) is 3.10. The van der Waals surface area contributed by atoms with Gasteiger partial charge in [0, 0.05) is 32.3 Å². The van der Waals surface area contributed by atoms with Crippen molar-refractivity contribution in [1.29, 1.82) is 0 Å². The van der Waals surface area contributed by atoms with Crippen LogP contribution < -0.4 is 5.32 Å². The molecule has 0 spiro atoms. The molecule has 3 heteroatoms. The average Bonchev–Trinajstić information content (AvgIpc) is 2.27. The summed E-state index contributed by atoms with van der Waals surface area (Å²) < 4.78 is 5.19. The Kier molecular flexibility index (Phi) is 9.99. The van der Waals surface area contributed by atoms with E-state index in [2.05, 4.69) is 37.9 Å². The van der Waals surface area contributed by atoms with Gasteiger partial charge in [0.15, 0.2) is 0 Å². The van der Waals surface area contributed by atoms with Crippen molar-refractivity contribution >= 4 is 0 Å². The van der Waals surface area contributed by atoms with Gasteiger partial charge in [-0.25, -0.2) is 0 Å². The molecule has 0 aliphatic rings. The summed E-state index contributed by atoms with van der Waals surface area (Å²) in [5.74, 6) is 0. The average molecular weight is 230 g/mol. The van der Waals surface area contributed by atoms with Crippen LogP contribution in [0.15, 0.2) is 0 Å². The van der Waals surface area contributed by atoms with E-state index in [4.69, 9.17) is 4.74 Å². The Morgan fingerprint density at radius 3 is 2.25 bits per heavy atom. The Labute approximate surface area is 102 Å². The minimum absolute atomic E-state index is 0.558. The van der Waals surface area contributed by atoms with E-state index in [0.717, 1.165) is 26.2 Å². The van der Waals surface area contributed by atoms with Gasteiger partial charge >= 0.3 is 0 Å². The Morgan fingerprint density at radius 2 is 1.81 bits per heavy atom. The molecule has 98 valence electrons. The molecule has 0 saturated carbocycles. The monoisotopic (exact) mass is 230 g/mol. The van der Waals surface area contributed by atoms with E-state index in [1.165, 1.54) is 12.8 Å². The molecule has 0 aliphatic carbocycles. The summed E-state index contributed by atoms with van der Waals surface area (Å²) in [4.78, 5) is 2.55. The number of hydrogen-bond acceptors (Lipinski definition) is 3. The van der Waals surface area contributed by atoms with E-state index >= 15 is 0 Å². The normalized spacial score (nSPS) is 13.7. The summed E-state index contributed by atoms with van der Waals surface area (Å²) in [7, 11) is 1.78. The number of rotatable bonds is 10. The molecular formula is C13H30N2O. The summed E-state index contributed by atoms with van der Waals surface area (Å²) >= 11 is 0. The third kappa shape index (κ3) is 6.46. The van der Waals surface area contributed by atoms with Gasteiger partial charge in [-0.05, 0) is 26.3 Å². The summed E-state index contributed by atoms with van der Waals surface area (Å²) in [5, 5.41) is 3.47. The Morgan fingerprint density at radius 1 is 1.19 bits per heavy atom. The van der Waals surface area contributed by atoms with Gasteiger partial charge in [-0.15, -0.1) is 0 Å². The molecule has 0 bridgehead atoms. The van der Waals surface area contributed by atoms with Gasteiger partial charge < -0.3 is 10.1 Å². The summed E-state index contributed by atoms with van der Waals surface area (Å²) in [6, 6.07) is 1.25. The molecule has 0 aromatic carbocycles. The zero-order chi connectivity index (χ0) is 12.4. The molecule has 1 atom stereocenters. The SMILES string of the molecule is CCNC(C)CN(CCOC)C(CC)CC. The van der Waals surface area contributed by atoms with Crippen molar-refractivity contribution in [3.63, 3.8) is 0 Å². The van der Waals surface area contributed by atoms with Crippen LogP contribution in [0.2, 0.25) is 0 Å². The van der Waals surface area contributed by atoms with E-state index < -0.39 is 0 Å². The third-order valence-electron chi connectivity index (χ3n) is 3.10. The first kappa shape index (κ1) is 15.9. The van der Waals surface area contributed by atoms with Crippen LogP contribution in [-0.4, -0.2) is 50.3 Å². The van der Waals surface area contributed by atoms with E-state index in [-0.39, 0.29) is 0 Å². The summed E-state index contributed by atoms with van der Waals surface area (Å²) in [6.07, 6.45) is 2.44. The van der Waals surface area contributed by atoms with E-state index in [1.807, 2.05) is 0 Å². The van der Waals surface area contributed by atoms with Gasteiger partial charge in [0.2, 0.25) is 0 Å². The molecule has 0 aliphatic heterocycles. The van der Waals surface area contributed by atoms with Crippen LogP contribution in [0.5, 0.6) is 0 Å². The van der Waals surface area contributed by atoms with Gasteiger partial charge in [-0.1, -0.05) is 20.8 Å². The van der Waals surface area contributed by atoms with E-state index in [1.54, 1.807) is 7.11 Å². The fourth-order valence-corrected chi connectivity index (χ4v) is 2.20. The standard InChI is InChI=1S/C13H30N2O/c1-6-13(7-2)15(9-10-16-5)11-12(4)14-8-3/h12-14H,6-11H2,1-5H3. The molecule has 1 unspecified atom stereocenters. The number of hydrogen-bond donors (Lipinski definition) is 1. The zero-order valence-electron chi connectivity index (χ0n) is 11.8. The maximum absolute atomic E-state index is 5.19. The second-order valence-electron chi connectivity index (χ2n) is 4.42. The Balaban J connectivity index is 4.17. The first-order chi connectivity index (χ1) is 7.69. The fourth-order valence-electron chi connectivity index (χ4n) is 2.20. The van der Waals surface area contributed by atoms with Gasteiger partial charge in [0.1, 0.15) is 0 Å². The first-order valence-electron chi connectivity index (χ1n) is 6.65. The molecule has 0 aromatic rings. The molecule has 0 saturated heterocycles. The Bertz CT molecular complexity index is 149. The predicted octanol–water partition coefficient (Wildman–Crippen LogP) is 2.12. The van der Waals surface area contributed by atoms with Crippen molar-refractivity contribution < 1.29 is 4.74 Å². The van der Waals surface area contributed by atoms with Crippen LogP contribution in [0.1, 0.15) is 40.5 Å². The quantitative estimate of drug-likeness (QED) is 0.622. The number of likely N-dealkylation sites (N-methyl/N-ethyl adjacent to an activating group) is 1. The Hall–Kier alpha value is -0.120. The molecule has 0 radical (unpaired) electrons. The molecule has 3 nitrogen and oxygen atoms in total. The highest BCUT2D eigenvalue weighted by Gasteiger charge is 2.16. The molecule has 16 heavy (non-hydrogen) atoms.